The van der Waals surface area contributed by atoms with Crippen molar-refractivity contribution in [3.63, 3.8) is 0 Å². The number of ketones is 1. The Labute approximate surface area is 111 Å². The highest BCUT2D eigenvalue weighted by molar-refractivity contribution is 6.04. The fraction of sp³-hybridized carbons (Fsp3) is 0.214. The number of carbonyl (C=O) groups is 1. The molecule has 0 aliphatic heterocycles. The number of nitrogens with two attached hydrogens (primary N) is 1. The molecular formula is C14H16N4O. The monoisotopic (exact) mass is 256 g/mol. The second kappa shape index (κ2) is 5.48. The lowest BCUT2D eigenvalue weighted by Gasteiger charge is -2.06. The van der Waals surface area contributed by atoms with Crippen molar-refractivity contribution in [2.45, 2.75) is 19.9 Å². The first-order valence-corrected chi connectivity index (χ1v) is 6.05. The summed E-state index contributed by atoms with van der Waals surface area (Å²) in [6, 6.07) is 7.39. The molecule has 0 unspecified atom stereocenters. The average Bonchev–Trinajstić information content (AvgIpc) is 2.87. The maximum Gasteiger partial charge on any atom is 0.222 e. The Morgan fingerprint density at radius 2 is 2.00 bits per heavy atom. The van der Waals surface area contributed by atoms with E-state index in [4.69, 9.17) is 5.73 Å². The predicted molar refractivity (Wildman–Crippen MR) is 74.6 cm³/mol. The van der Waals surface area contributed by atoms with Gasteiger partial charge in [0.2, 0.25) is 5.78 Å². The summed E-state index contributed by atoms with van der Waals surface area (Å²) < 4.78 is 1.61. The van der Waals surface area contributed by atoms with Gasteiger partial charge in [0.1, 0.15) is 6.33 Å². The molecule has 0 aliphatic rings. The van der Waals surface area contributed by atoms with E-state index >= 15 is 0 Å². The zero-order chi connectivity index (χ0) is 13.8. The fourth-order valence-electron chi connectivity index (χ4n) is 1.66. The van der Waals surface area contributed by atoms with Gasteiger partial charge in [-0.05, 0) is 37.6 Å². The number of allylic oxidation sites excluding steroid dienone is 1. The molecule has 0 aliphatic carbocycles. The number of hydrogen-bond acceptors (Lipinski definition) is 4. The molecule has 2 aromatic rings. The minimum Gasteiger partial charge on any atom is -0.399 e. The third-order valence-corrected chi connectivity index (χ3v) is 2.65. The van der Waals surface area contributed by atoms with Gasteiger partial charge < -0.3 is 5.73 Å². The molecule has 0 saturated carbocycles. The molecule has 5 heteroatoms. The number of aromatic nitrogens is 3. The molecule has 1 heterocycles. The van der Waals surface area contributed by atoms with E-state index in [1.807, 2.05) is 26.0 Å². The molecule has 5 nitrogen and oxygen atoms in total. The van der Waals surface area contributed by atoms with E-state index in [9.17, 15) is 4.79 Å². The van der Waals surface area contributed by atoms with Gasteiger partial charge in [0.15, 0.2) is 5.82 Å². The smallest absolute Gasteiger partial charge is 0.222 e. The number of hydrogen-bond donors (Lipinski definition) is 1. The second-order valence-electron chi connectivity index (χ2n) is 4.49. The van der Waals surface area contributed by atoms with Crippen molar-refractivity contribution in [3.8, 4) is 0 Å². The van der Waals surface area contributed by atoms with Crippen molar-refractivity contribution in [2.75, 3.05) is 5.73 Å². The molecule has 0 fully saturated rings. The first-order chi connectivity index (χ1) is 9.08. The van der Waals surface area contributed by atoms with E-state index in [0.717, 1.165) is 5.56 Å². The van der Waals surface area contributed by atoms with E-state index in [-0.39, 0.29) is 11.8 Å². The standard InChI is InChI=1S/C14H16N4O/c1-10(2)18-14(16-9-17-18)13(19)8-5-11-3-6-12(15)7-4-11/h3-10H,15H2,1-2H3/b8-5+. The molecule has 1 aromatic heterocycles. The highest BCUT2D eigenvalue weighted by Gasteiger charge is 2.12. The van der Waals surface area contributed by atoms with Crippen LogP contribution in [0.25, 0.3) is 6.08 Å². The van der Waals surface area contributed by atoms with Gasteiger partial charge >= 0.3 is 0 Å². The van der Waals surface area contributed by atoms with Gasteiger partial charge in [-0.1, -0.05) is 18.2 Å². The Balaban J connectivity index is 2.16. The highest BCUT2D eigenvalue weighted by atomic mass is 16.1. The van der Waals surface area contributed by atoms with Crippen LogP contribution in [0.1, 0.15) is 36.1 Å². The first-order valence-electron chi connectivity index (χ1n) is 6.05. The lowest BCUT2D eigenvalue weighted by atomic mass is 10.2. The van der Waals surface area contributed by atoms with E-state index < -0.39 is 0 Å². The zero-order valence-corrected chi connectivity index (χ0v) is 10.9. The highest BCUT2D eigenvalue weighted by Crippen LogP contribution is 2.10. The maximum absolute atomic E-state index is 12.0. The number of anilines is 1. The van der Waals surface area contributed by atoms with Crippen molar-refractivity contribution in [2.24, 2.45) is 0 Å². The van der Waals surface area contributed by atoms with Crippen LogP contribution in [0.4, 0.5) is 5.69 Å². The van der Waals surface area contributed by atoms with Gasteiger partial charge in [0.05, 0.1) is 0 Å². The lowest BCUT2D eigenvalue weighted by Crippen LogP contribution is -2.12. The number of nitrogens with zero attached hydrogens (tertiary/aromatic N) is 3. The summed E-state index contributed by atoms with van der Waals surface area (Å²) in [6.45, 7) is 3.91. The molecule has 0 bridgehead atoms. The average molecular weight is 256 g/mol. The van der Waals surface area contributed by atoms with E-state index in [0.29, 0.717) is 11.5 Å². The minimum absolute atomic E-state index is 0.103. The van der Waals surface area contributed by atoms with Crippen LogP contribution < -0.4 is 5.73 Å². The van der Waals surface area contributed by atoms with Gasteiger partial charge in [-0.2, -0.15) is 5.10 Å². The van der Waals surface area contributed by atoms with Gasteiger partial charge in [-0.25, -0.2) is 9.67 Å². The molecule has 1 aromatic carbocycles. The summed E-state index contributed by atoms with van der Waals surface area (Å²) in [5.41, 5.74) is 7.21. The van der Waals surface area contributed by atoms with E-state index in [1.54, 1.807) is 22.9 Å². The van der Waals surface area contributed by atoms with Crippen LogP contribution in [0.2, 0.25) is 0 Å². The molecule has 0 radical (unpaired) electrons. The summed E-state index contributed by atoms with van der Waals surface area (Å²) in [6.07, 6.45) is 4.62. The van der Waals surface area contributed by atoms with E-state index in [2.05, 4.69) is 10.1 Å². The van der Waals surface area contributed by atoms with Gasteiger partial charge in [-0.3, -0.25) is 4.79 Å². The van der Waals surface area contributed by atoms with Crippen LogP contribution >= 0.6 is 0 Å². The van der Waals surface area contributed by atoms with Gasteiger partial charge in [-0.15, -0.1) is 0 Å². The zero-order valence-electron chi connectivity index (χ0n) is 10.9. The topological polar surface area (TPSA) is 73.8 Å². The molecular weight excluding hydrogens is 240 g/mol. The van der Waals surface area contributed by atoms with Crippen LogP contribution in [0.3, 0.4) is 0 Å². The van der Waals surface area contributed by atoms with Crippen molar-refractivity contribution in [3.05, 3.63) is 48.1 Å². The molecule has 0 saturated heterocycles. The van der Waals surface area contributed by atoms with Crippen molar-refractivity contribution in [1.29, 1.82) is 0 Å². The number of nitrogen functional groups attached to an aromatic ring is 1. The molecule has 19 heavy (non-hydrogen) atoms. The van der Waals surface area contributed by atoms with Crippen molar-refractivity contribution in [1.82, 2.24) is 14.8 Å². The van der Waals surface area contributed by atoms with Crippen molar-refractivity contribution < 1.29 is 4.79 Å². The molecule has 0 atom stereocenters. The fourth-order valence-corrected chi connectivity index (χ4v) is 1.66. The summed E-state index contributed by atoms with van der Waals surface area (Å²) in [5.74, 6) is 0.185. The Morgan fingerprint density at radius 1 is 1.32 bits per heavy atom. The second-order valence-corrected chi connectivity index (χ2v) is 4.49. The normalized spacial score (nSPS) is 11.3. The van der Waals surface area contributed by atoms with Crippen LogP contribution in [0.15, 0.2) is 36.7 Å². The number of rotatable bonds is 4. The molecule has 0 spiro atoms. The molecule has 98 valence electrons. The van der Waals surface area contributed by atoms with Crippen LogP contribution in [-0.2, 0) is 0 Å². The predicted octanol–water partition coefficient (Wildman–Crippen LogP) is 2.34. The third kappa shape index (κ3) is 3.07. The summed E-state index contributed by atoms with van der Waals surface area (Å²) >= 11 is 0. The Bertz CT molecular complexity index is 596. The Kier molecular flexibility index (Phi) is 3.75. The van der Waals surface area contributed by atoms with Crippen molar-refractivity contribution >= 4 is 17.5 Å². The van der Waals surface area contributed by atoms with Crippen LogP contribution in [0.5, 0.6) is 0 Å². The van der Waals surface area contributed by atoms with Crippen LogP contribution in [-0.4, -0.2) is 20.5 Å². The SMILES string of the molecule is CC(C)n1ncnc1C(=O)/C=C/c1ccc(N)cc1. The minimum atomic E-state index is -0.164. The molecule has 2 N–H and O–H groups in total. The largest absolute Gasteiger partial charge is 0.399 e. The quantitative estimate of drug-likeness (QED) is 0.517. The Hall–Kier alpha value is -2.43. The van der Waals surface area contributed by atoms with E-state index in [1.165, 1.54) is 12.4 Å². The van der Waals surface area contributed by atoms with Crippen LogP contribution in [0, 0.1) is 0 Å². The number of benzene rings is 1. The summed E-state index contributed by atoms with van der Waals surface area (Å²) in [7, 11) is 0. The number of carbonyl (C=O) groups excluding carboxylic acids is 1. The third-order valence-electron chi connectivity index (χ3n) is 2.65. The first kappa shape index (κ1) is 13.0. The van der Waals surface area contributed by atoms with Gasteiger partial charge in [0.25, 0.3) is 0 Å². The molecule has 0 amide bonds. The lowest BCUT2D eigenvalue weighted by molar-refractivity contribution is 0.103. The maximum atomic E-state index is 12.0. The molecule has 2 rings (SSSR count). The summed E-state index contributed by atoms with van der Waals surface area (Å²) in [4.78, 5) is 16.0. The van der Waals surface area contributed by atoms with Gasteiger partial charge in [0, 0.05) is 11.7 Å². The Morgan fingerprint density at radius 3 is 2.63 bits per heavy atom. The summed E-state index contributed by atoms with van der Waals surface area (Å²) in [5, 5.41) is 4.04.